The van der Waals surface area contributed by atoms with Gasteiger partial charge in [0.15, 0.2) is 0 Å². The van der Waals surface area contributed by atoms with Crippen LogP contribution in [0, 0.1) is 6.92 Å². The summed E-state index contributed by atoms with van der Waals surface area (Å²) in [5.41, 5.74) is 2.98. The molecule has 112 valence electrons. The monoisotopic (exact) mass is 304 g/mol. The highest BCUT2D eigenvalue weighted by Gasteiger charge is 2.14. The molecular weight excluding hydrogens is 284 g/mol. The zero-order chi connectivity index (χ0) is 15.5. The number of rotatable bonds is 5. The van der Waals surface area contributed by atoms with Crippen LogP contribution in [-0.4, -0.2) is 15.5 Å². The van der Waals surface area contributed by atoms with E-state index < -0.39 is 10.0 Å². The molecule has 2 N–H and O–H groups in total. The Morgan fingerprint density at radius 3 is 2.33 bits per heavy atom. The maximum absolute atomic E-state index is 11.9. The van der Waals surface area contributed by atoms with Crippen LogP contribution in [0.3, 0.4) is 0 Å². The zero-order valence-electron chi connectivity index (χ0n) is 12.4. The summed E-state index contributed by atoms with van der Waals surface area (Å²) >= 11 is 0. The summed E-state index contributed by atoms with van der Waals surface area (Å²) in [6.07, 6.45) is 0. The van der Waals surface area contributed by atoms with E-state index >= 15 is 0 Å². The molecule has 0 radical (unpaired) electrons. The van der Waals surface area contributed by atoms with Crippen LogP contribution in [0.5, 0.6) is 0 Å². The minimum atomic E-state index is -3.43. The van der Waals surface area contributed by atoms with Gasteiger partial charge in [-0.05, 0) is 44.2 Å². The first-order chi connectivity index (χ1) is 9.94. The fraction of sp³-hybridized carbons (Fsp3) is 0.250. The van der Waals surface area contributed by atoms with E-state index in [4.69, 9.17) is 0 Å². The predicted molar refractivity (Wildman–Crippen MR) is 85.9 cm³/mol. The molecule has 0 bridgehead atoms. The molecule has 21 heavy (non-hydrogen) atoms. The molecule has 0 spiro atoms. The summed E-state index contributed by atoms with van der Waals surface area (Å²) < 4.78 is 26.1. The maximum atomic E-state index is 11.9. The normalized spacial score (nSPS) is 12.9. The molecule has 0 amide bonds. The number of nitrogens with one attached hydrogen (secondary N) is 2. The van der Waals surface area contributed by atoms with Crippen molar-refractivity contribution in [1.29, 1.82) is 0 Å². The Morgan fingerprint density at radius 1 is 1.05 bits per heavy atom. The second kappa shape index (κ2) is 6.28. The van der Waals surface area contributed by atoms with Gasteiger partial charge >= 0.3 is 0 Å². The predicted octanol–water partition coefficient (Wildman–Crippen LogP) is 3.08. The molecule has 1 atom stereocenters. The Labute approximate surface area is 126 Å². The van der Waals surface area contributed by atoms with Gasteiger partial charge in [-0.1, -0.05) is 36.4 Å². The molecule has 0 heterocycles. The third-order valence-corrected chi connectivity index (χ3v) is 4.87. The molecule has 0 saturated heterocycles. The van der Waals surface area contributed by atoms with Crippen LogP contribution in [0.15, 0.2) is 53.4 Å². The van der Waals surface area contributed by atoms with Crippen molar-refractivity contribution in [2.24, 2.45) is 0 Å². The average molecular weight is 304 g/mol. The van der Waals surface area contributed by atoms with Gasteiger partial charge in [0, 0.05) is 11.7 Å². The standard InChI is InChI=1S/C16H20N2O2S/c1-12-9-10-15(21(19,20)17-3)11-16(12)18-13(2)14-7-5-4-6-8-14/h4-11,13,17-18H,1-3H3. The van der Waals surface area contributed by atoms with Crippen LogP contribution in [-0.2, 0) is 10.0 Å². The first-order valence-corrected chi connectivity index (χ1v) is 8.28. The van der Waals surface area contributed by atoms with Crippen LogP contribution in [0.2, 0.25) is 0 Å². The molecule has 0 aliphatic heterocycles. The molecule has 1 unspecified atom stereocenters. The Bertz CT molecular complexity index is 712. The number of benzene rings is 2. The molecule has 0 saturated carbocycles. The number of hydrogen-bond acceptors (Lipinski definition) is 3. The lowest BCUT2D eigenvalue weighted by molar-refractivity contribution is 0.588. The van der Waals surface area contributed by atoms with Crippen molar-refractivity contribution in [2.75, 3.05) is 12.4 Å². The molecule has 0 fully saturated rings. The maximum Gasteiger partial charge on any atom is 0.240 e. The SMILES string of the molecule is CNS(=O)(=O)c1ccc(C)c(NC(C)c2ccccc2)c1. The fourth-order valence-electron chi connectivity index (χ4n) is 2.10. The molecular formula is C16H20N2O2S. The van der Waals surface area contributed by atoms with Crippen molar-refractivity contribution < 1.29 is 8.42 Å². The minimum absolute atomic E-state index is 0.0949. The minimum Gasteiger partial charge on any atom is -0.378 e. The lowest BCUT2D eigenvalue weighted by Gasteiger charge is -2.18. The van der Waals surface area contributed by atoms with Crippen LogP contribution in [0.4, 0.5) is 5.69 Å². The summed E-state index contributed by atoms with van der Waals surface area (Å²) in [7, 11) is -2.02. The molecule has 0 aromatic heterocycles. The zero-order valence-corrected chi connectivity index (χ0v) is 13.2. The summed E-state index contributed by atoms with van der Waals surface area (Å²) in [4.78, 5) is 0.262. The van der Waals surface area contributed by atoms with E-state index in [-0.39, 0.29) is 10.9 Å². The summed E-state index contributed by atoms with van der Waals surface area (Å²) in [5.74, 6) is 0. The third-order valence-electron chi connectivity index (χ3n) is 3.46. The highest BCUT2D eigenvalue weighted by molar-refractivity contribution is 7.89. The van der Waals surface area contributed by atoms with Gasteiger partial charge in [-0.3, -0.25) is 0 Å². The average Bonchev–Trinajstić information content (AvgIpc) is 2.50. The second-order valence-electron chi connectivity index (χ2n) is 4.96. The largest absolute Gasteiger partial charge is 0.378 e. The van der Waals surface area contributed by atoms with E-state index in [1.165, 1.54) is 7.05 Å². The topological polar surface area (TPSA) is 58.2 Å². The van der Waals surface area contributed by atoms with E-state index in [0.29, 0.717) is 0 Å². The molecule has 4 nitrogen and oxygen atoms in total. The van der Waals surface area contributed by atoms with E-state index in [1.807, 2.05) is 50.2 Å². The molecule has 0 aliphatic rings. The lowest BCUT2D eigenvalue weighted by atomic mass is 10.1. The van der Waals surface area contributed by atoms with Gasteiger partial charge in [0.2, 0.25) is 10.0 Å². The van der Waals surface area contributed by atoms with E-state index in [9.17, 15) is 8.42 Å². The van der Waals surface area contributed by atoms with Gasteiger partial charge < -0.3 is 5.32 Å². The van der Waals surface area contributed by atoms with E-state index in [2.05, 4.69) is 10.0 Å². The van der Waals surface area contributed by atoms with Crippen molar-refractivity contribution in [1.82, 2.24) is 4.72 Å². The van der Waals surface area contributed by atoms with Gasteiger partial charge in [0.25, 0.3) is 0 Å². The van der Waals surface area contributed by atoms with Gasteiger partial charge in [0.1, 0.15) is 0 Å². The lowest BCUT2D eigenvalue weighted by Crippen LogP contribution is -2.19. The van der Waals surface area contributed by atoms with Crippen LogP contribution < -0.4 is 10.0 Å². The van der Waals surface area contributed by atoms with Crippen molar-refractivity contribution >= 4 is 15.7 Å². The highest BCUT2D eigenvalue weighted by atomic mass is 32.2. The Balaban J connectivity index is 2.30. The van der Waals surface area contributed by atoms with Crippen molar-refractivity contribution in [2.45, 2.75) is 24.8 Å². The molecule has 0 aliphatic carbocycles. The van der Waals surface area contributed by atoms with Gasteiger partial charge in [-0.15, -0.1) is 0 Å². The van der Waals surface area contributed by atoms with Gasteiger partial charge in [0.05, 0.1) is 4.90 Å². The van der Waals surface area contributed by atoms with Crippen molar-refractivity contribution in [3.63, 3.8) is 0 Å². The first kappa shape index (κ1) is 15.5. The molecule has 5 heteroatoms. The van der Waals surface area contributed by atoms with E-state index in [1.54, 1.807) is 12.1 Å². The van der Waals surface area contributed by atoms with Gasteiger partial charge in [-0.25, -0.2) is 13.1 Å². The van der Waals surface area contributed by atoms with Crippen molar-refractivity contribution in [3.8, 4) is 0 Å². The van der Waals surface area contributed by atoms with Crippen LogP contribution >= 0.6 is 0 Å². The molecule has 2 rings (SSSR count). The number of anilines is 1. The molecule has 2 aromatic carbocycles. The van der Waals surface area contributed by atoms with E-state index in [0.717, 1.165) is 16.8 Å². The third kappa shape index (κ3) is 3.62. The van der Waals surface area contributed by atoms with Gasteiger partial charge in [-0.2, -0.15) is 0 Å². The summed E-state index contributed by atoms with van der Waals surface area (Å²) in [5, 5.41) is 3.37. The number of aryl methyl sites for hydroxylation is 1. The summed E-state index contributed by atoms with van der Waals surface area (Å²) in [6, 6.07) is 15.2. The number of hydrogen-bond donors (Lipinski definition) is 2. The number of sulfonamides is 1. The van der Waals surface area contributed by atoms with Crippen molar-refractivity contribution in [3.05, 3.63) is 59.7 Å². The van der Waals surface area contributed by atoms with Crippen LogP contribution in [0.1, 0.15) is 24.1 Å². The Kier molecular flexibility index (Phi) is 4.65. The second-order valence-corrected chi connectivity index (χ2v) is 6.85. The molecule has 2 aromatic rings. The Hall–Kier alpha value is -1.85. The smallest absolute Gasteiger partial charge is 0.240 e. The van der Waals surface area contributed by atoms with Crippen LogP contribution in [0.25, 0.3) is 0 Å². The summed E-state index contributed by atoms with van der Waals surface area (Å²) in [6.45, 7) is 4.00. The first-order valence-electron chi connectivity index (χ1n) is 6.79. The fourth-order valence-corrected chi connectivity index (χ4v) is 2.86. The highest BCUT2D eigenvalue weighted by Crippen LogP contribution is 2.24. The quantitative estimate of drug-likeness (QED) is 0.892. The Morgan fingerprint density at radius 2 is 1.71 bits per heavy atom.